The van der Waals surface area contributed by atoms with Crippen LogP contribution in [0.5, 0.6) is 0 Å². The average molecular weight is 640 g/mol. The van der Waals surface area contributed by atoms with E-state index in [2.05, 4.69) is 48.5 Å². The molecule has 3 heterocycles. The number of fused-ring (bicyclic) bond motifs is 12. The summed E-state index contributed by atoms with van der Waals surface area (Å²) < 4.78 is 0. The Labute approximate surface area is 273 Å². The van der Waals surface area contributed by atoms with Crippen molar-refractivity contribution >= 4 is 21.5 Å². The molecule has 2 aliphatic heterocycles. The molecule has 45 heavy (non-hydrogen) atoms. The van der Waals surface area contributed by atoms with Crippen molar-refractivity contribution in [1.82, 2.24) is 29.9 Å². The number of hydrogen-bond acceptors (Lipinski definition) is 6. The zero-order chi connectivity index (χ0) is 28.8. The molecule has 0 spiro atoms. The second kappa shape index (κ2) is 13.4. The monoisotopic (exact) mass is 639 g/mol. The second-order valence-corrected chi connectivity index (χ2v) is 10.5. The molecule has 0 atom stereocenters. The maximum atomic E-state index is 5.05. The van der Waals surface area contributed by atoms with Gasteiger partial charge < -0.3 is 12.3 Å². The van der Waals surface area contributed by atoms with E-state index in [0.29, 0.717) is 23.3 Å². The molecule has 0 unspecified atom stereocenters. The van der Waals surface area contributed by atoms with E-state index in [-0.39, 0.29) is 29.4 Å². The third kappa shape index (κ3) is 5.94. The van der Waals surface area contributed by atoms with Gasteiger partial charge in [-0.1, -0.05) is 97.1 Å². The summed E-state index contributed by atoms with van der Waals surface area (Å²) in [5.74, 6) is 2.61. The van der Waals surface area contributed by atoms with Crippen molar-refractivity contribution in [3.63, 3.8) is 0 Å². The van der Waals surface area contributed by atoms with Gasteiger partial charge in [0.25, 0.3) is 0 Å². The van der Waals surface area contributed by atoms with Crippen LogP contribution >= 0.6 is 0 Å². The second-order valence-electron chi connectivity index (χ2n) is 10.5. The van der Waals surface area contributed by atoms with Crippen LogP contribution in [0, 0.1) is 27.7 Å². The average Bonchev–Trinajstić information content (AvgIpc) is 3.54. The minimum atomic E-state index is 0. The summed E-state index contributed by atoms with van der Waals surface area (Å²) in [6, 6.07) is 32.7. The number of rotatable bonds is 0. The molecule has 8 nitrogen and oxygen atoms in total. The Balaban J connectivity index is 0.00000154. The van der Waals surface area contributed by atoms with Crippen molar-refractivity contribution in [3.05, 3.63) is 132 Å². The molecule has 0 aliphatic carbocycles. The predicted molar refractivity (Wildman–Crippen MR) is 179 cm³/mol. The van der Waals surface area contributed by atoms with Gasteiger partial charge in [-0.3, -0.25) is 0 Å². The summed E-state index contributed by atoms with van der Waals surface area (Å²) in [5.41, 5.74) is 7.27. The van der Waals surface area contributed by atoms with Crippen LogP contribution in [0.4, 0.5) is 0 Å². The molecule has 1 radical (unpaired) electrons. The summed E-state index contributed by atoms with van der Waals surface area (Å²) in [6.45, 7) is 8.07. The van der Waals surface area contributed by atoms with E-state index in [1.54, 1.807) is 0 Å². The molecule has 7 rings (SSSR count). The van der Waals surface area contributed by atoms with Gasteiger partial charge in [-0.2, -0.15) is 0 Å². The SMILES string of the molecule is Cc1nc2nc(nc(C)c3ccccc3c(C)nc3nc(nc(C)c4ccccc14)-c1ccccc1-3)-c1ccccc1-2.[Cu+2].[NH2-].[NH2-]. The Bertz CT molecular complexity index is 1860. The first kappa shape index (κ1) is 33.0. The summed E-state index contributed by atoms with van der Waals surface area (Å²) in [5, 5.41) is 3.97. The summed E-state index contributed by atoms with van der Waals surface area (Å²) in [6.07, 6.45) is 0. The van der Waals surface area contributed by atoms with Crippen molar-refractivity contribution in [1.29, 1.82) is 0 Å². The van der Waals surface area contributed by atoms with Gasteiger partial charge >= 0.3 is 17.1 Å². The fourth-order valence-electron chi connectivity index (χ4n) is 5.63. The van der Waals surface area contributed by atoms with E-state index in [4.69, 9.17) is 29.9 Å². The standard InChI is InChI=1S/C36H28N6.Cu.2H2N/c1-21-25-13-5-6-14-26(25)22(2)38-35-31-19-11-12-20-32(31)36(42-35)40-24(4)28-16-8-7-15-27(28)23(3)39-34-30-18-10-9-17-29(30)33(37-21)41-34;;;/h5-20H,1-4H3;;2*1H2/q;+2;2*-1. The molecule has 4 bridgehead atoms. The Morgan fingerprint density at radius 1 is 0.311 bits per heavy atom. The molecular formula is C36H32CuN8. The van der Waals surface area contributed by atoms with Crippen molar-refractivity contribution in [2.45, 2.75) is 27.7 Å². The number of aryl methyl sites for hydroxylation is 4. The molecule has 2 aliphatic rings. The van der Waals surface area contributed by atoms with Crippen molar-refractivity contribution < 1.29 is 17.1 Å². The topological polar surface area (TPSA) is 144 Å². The molecule has 0 saturated heterocycles. The molecule has 5 aromatic rings. The van der Waals surface area contributed by atoms with Crippen LogP contribution < -0.4 is 0 Å². The number of nitrogens with zero attached hydrogens (tertiary/aromatic N) is 6. The van der Waals surface area contributed by atoms with E-state index in [9.17, 15) is 0 Å². The molecular weight excluding hydrogens is 608 g/mol. The Morgan fingerprint density at radius 2 is 0.511 bits per heavy atom. The van der Waals surface area contributed by atoms with E-state index in [0.717, 1.165) is 66.6 Å². The third-order valence-corrected chi connectivity index (χ3v) is 7.75. The van der Waals surface area contributed by atoms with Crippen molar-refractivity contribution in [3.8, 4) is 45.6 Å². The number of hydrogen-bond donors (Lipinski definition) is 0. The maximum absolute atomic E-state index is 5.05. The van der Waals surface area contributed by atoms with Gasteiger partial charge in [-0.15, -0.1) is 0 Å². The van der Waals surface area contributed by atoms with Crippen LogP contribution in [-0.4, -0.2) is 29.9 Å². The zero-order valence-corrected chi connectivity index (χ0v) is 26.3. The molecule has 227 valence electrons. The third-order valence-electron chi connectivity index (χ3n) is 7.75. The first-order chi connectivity index (χ1) is 20.5. The fourth-order valence-corrected chi connectivity index (χ4v) is 5.63. The molecule has 0 fully saturated rings. The molecule has 9 heteroatoms. The molecule has 4 aromatic carbocycles. The van der Waals surface area contributed by atoms with E-state index >= 15 is 0 Å². The first-order valence-corrected chi connectivity index (χ1v) is 14.0. The van der Waals surface area contributed by atoms with Gasteiger partial charge in [-0.05, 0) is 27.7 Å². The van der Waals surface area contributed by atoms with E-state index in [1.807, 2.05) is 76.2 Å². The Hall–Kier alpha value is -4.92. The van der Waals surface area contributed by atoms with Gasteiger partial charge in [0.1, 0.15) is 0 Å². The fraction of sp³-hybridized carbons (Fsp3) is 0.111. The number of benzene rings is 4. The van der Waals surface area contributed by atoms with E-state index < -0.39 is 0 Å². The van der Waals surface area contributed by atoms with Crippen LogP contribution in [0.3, 0.4) is 0 Å². The quantitative estimate of drug-likeness (QED) is 0.151. The van der Waals surface area contributed by atoms with Crippen molar-refractivity contribution in [2.24, 2.45) is 0 Å². The Kier molecular flexibility index (Phi) is 9.81. The van der Waals surface area contributed by atoms with Crippen LogP contribution in [0.25, 0.3) is 79.4 Å². The Morgan fingerprint density at radius 3 is 0.733 bits per heavy atom. The zero-order valence-electron chi connectivity index (χ0n) is 25.4. The summed E-state index contributed by atoms with van der Waals surface area (Å²) in [7, 11) is 0. The normalized spacial score (nSPS) is 10.6. The van der Waals surface area contributed by atoms with Crippen LogP contribution in [0.2, 0.25) is 0 Å². The molecule has 4 N–H and O–H groups in total. The minimum Gasteiger partial charge on any atom is -0.693 e. The number of nitrogens with two attached hydrogens (primary N) is 2. The first-order valence-electron chi connectivity index (χ1n) is 14.0. The number of aromatic nitrogens is 6. The smallest absolute Gasteiger partial charge is 0.693 e. The van der Waals surface area contributed by atoms with Gasteiger partial charge in [-0.25, -0.2) is 29.9 Å². The van der Waals surface area contributed by atoms with Crippen LogP contribution in [-0.2, 0) is 17.1 Å². The molecule has 0 saturated carbocycles. The van der Waals surface area contributed by atoms with E-state index in [1.165, 1.54) is 0 Å². The summed E-state index contributed by atoms with van der Waals surface area (Å²) >= 11 is 0. The molecule has 0 amide bonds. The maximum Gasteiger partial charge on any atom is 2.00 e. The van der Waals surface area contributed by atoms with Gasteiger partial charge in [0.15, 0.2) is 23.3 Å². The van der Waals surface area contributed by atoms with Crippen LogP contribution in [0.15, 0.2) is 97.1 Å². The van der Waals surface area contributed by atoms with Crippen molar-refractivity contribution in [2.75, 3.05) is 0 Å². The van der Waals surface area contributed by atoms with Gasteiger partial charge in [0.05, 0.1) is 0 Å². The minimum absolute atomic E-state index is 0. The summed E-state index contributed by atoms with van der Waals surface area (Å²) in [4.78, 5) is 30.1. The van der Waals surface area contributed by atoms with Gasteiger partial charge in [0, 0.05) is 66.6 Å². The predicted octanol–water partition coefficient (Wildman–Crippen LogP) is 9.70. The largest absolute Gasteiger partial charge is 2.00 e. The molecule has 1 aromatic heterocycles. The van der Waals surface area contributed by atoms with Gasteiger partial charge in [0.2, 0.25) is 0 Å². The van der Waals surface area contributed by atoms with Crippen LogP contribution in [0.1, 0.15) is 22.8 Å².